The lowest BCUT2D eigenvalue weighted by atomic mass is 9.62. The van der Waals surface area contributed by atoms with Crippen LogP contribution >= 0.6 is 0 Å². The molecule has 3 heteroatoms. The van der Waals surface area contributed by atoms with Gasteiger partial charge in [-0.3, -0.25) is 0 Å². The topological polar surface area (TPSA) is 35.5 Å². The van der Waals surface area contributed by atoms with E-state index in [4.69, 9.17) is 9.47 Å². The second-order valence-electron chi connectivity index (χ2n) is 9.54. The van der Waals surface area contributed by atoms with Crippen molar-refractivity contribution in [3.8, 4) is 5.75 Å². The summed E-state index contributed by atoms with van der Waals surface area (Å²) >= 11 is 0. The molecule has 0 N–H and O–H groups in total. The van der Waals surface area contributed by atoms with Gasteiger partial charge in [-0.15, -0.1) is 0 Å². The highest BCUT2D eigenvalue weighted by Crippen LogP contribution is 2.48. The minimum atomic E-state index is -0.286. The molecule has 0 heterocycles. The Hall–Kier alpha value is -2.55. The SMILES string of the molecule is CCOC(=O)c1ccc(C=C(C)c2cc3c(cc2OC)C(C)(C)CCC3(C)C)cc1. The maximum atomic E-state index is 11.9. The van der Waals surface area contributed by atoms with Crippen molar-refractivity contribution in [1.82, 2.24) is 0 Å². The van der Waals surface area contributed by atoms with Gasteiger partial charge in [-0.1, -0.05) is 45.9 Å². The van der Waals surface area contributed by atoms with Crippen LogP contribution in [-0.4, -0.2) is 19.7 Å². The van der Waals surface area contributed by atoms with Crippen LogP contribution in [0.25, 0.3) is 11.6 Å². The van der Waals surface area contributed by atoms with Gasteiger partial charge < -0.3 is 9.47 Å². The minimum absolute atomic E-state index is 0.146. The third-order valence-corrected chi connectivity index (χ3v) is 6.40. The third kappa shape index (κ3) is 4.30. The van der Waals surface area contributed by atoms with Gasteiger partial charge >= 0.3 is 5.97 Å². The summed E-state index contributed by atoms with van der Waals surface area (Å²) in [4.78, 5) is 11.9. The Morgan fingerprint density at radius 1 is 1.00 bits per heavy atom. The molecule has 0 atom stereocenters. The molecule has 1 aliphatic carbocycles. The molecule has 0 radical (unpaired) electrons. The molecule has 0 fully saturated rings. The second kappa shape index (κ2) is 8.29. The van der Waals surface area contributed by atoms with Gasteiger partial charge in [0.05, 0.1) is 19.3 Å². The predicted molar refractivity (Wildman–Crippen MR) is 124 cm³/mol. The molecule has 0 amide bonds. The van der Waals surface area contributed by atoms with Crippen molar-refractivity contribution in [2.24, 2.45) is 0 Å². The fraction of sp³-hybridized carbons (Fsp3) is 0.444. The molecule has 0 saturated carbocycles. The highest BCUT2D eigenvalue weighted by molar-refractivity contribution is 5.90. The van der Waals surface area contributed by atoms with Gasteiger partial charge in [0.2, 0.25) is 0 Å². The first-order valence-electron chi connectivity index (χ1n) is 10.8. The van der Waals surface area contributed by atoms with Crippen molar-refractivity contribution in [3.05, 3.63) is 64.2 Å². The number of benzene rings is 2. The number of fused-ring (bicyclic) bond motifs is 1. The first kappa shape index (κ1) is 22.1. The zero-order valence-corrected chi connectivity index (χ0v) is 19.4. The number of allylic oxidation sites excluding steroid dienone is 1. The highest BCUT2D eigenvalue weighted by atomic mass is 16.5. The van der Waals surface area contributed by atoms with Crippen molar-refractivity contribution >= 4 is 17.6 Å². The van der Waals surface area contributed by atoms with E-state index in [1.807, 2.05) is 31.2 Å². The van der Waals surface area contributed by atoms with E-state index in [1.165, 1.54) is 24.0 Å². The lowest BCUT2D eigenvalue weighted by molar-refractivity contribution is 0.0526. The molecule has 0 spiro atoms. The van der Waals surface area contributed by atoms with Crippen LogP contribution in [-0.2, 0) is 15.6 Å². The molecule has 3 nitrogen and oxygen atoms in total. The Balaban J connectivity index is 2.01. The molecule has 0 aromatic heterocycles. The van der Waals surface area contributed by atoms with Gasteiger partial charge in [-0.25, -0.2) is 4.79 Å². The molecule has 0 bridgehead atoms. The lowest BCUT2D eigenvalue weighted by Crippen LogP contribution is -2.34. The van der Waals surface area contributed by atoms with E-state index in [0.717, 1.165) is 22.4 Å². The summed E-state index contributed by atoms with van der Waals surface area (Å²) in [6, 6.07) is 12.1. The van der Waals surface area contributed by atoms with Crippen LogP contribution in [0.4, 0.5) is 0 Å². The number of hydrogen-bond acceptors (Lipinski definition) is 3. The molecule has 1 aliphatic rings. The van der Waals surface area contributed by atoms with E-state index in [2.05, 4.69) is 52.8 Å². The first-order valence-corrected chi connectivity index (χ1v) is 10.8. The van der Waals surface area contributed by atoms with Crippen molar-refractivity contribution in [2.45, 2.75) is 65.2 Å². The highest BCUT2D eigenvalue weighted by Gasteiger charge is 2.37. The van der Waals surface area contributed by atoms with Crippen LogP contribution in [0.3, 0.4) is 0 Å². The molecule has 0 unspecified atom stereocenters. The van der Waals surface area contributed by atoms with Crippen molar-refractivity contribution in [1.29, 1.82) is 0 Å². The molecular formula is C27H34O3. The number of carbonyl (C=O) groups excluding carboxylic acids is 1. The fourth-order valence-corrected chi connectivity index (χ4v) is 4.33. The number of ether oxygens (including phenoxy) is 2. The average molecular weight is 407 g/mol. The summed E-state index contributed by atoms with van der Waals surface area (Å²) in [5, 5.41) is 0. The number of methoxy groups -OCH3 is 1. The van der Waals surface area contributed by atoms with Gasteiger partial charge in [-0.05, 0) is 84.0 Å². The Kier molecular flexibility index (Phi) is 6.12. The van der Waals surface area contributed by atoms with Crippen LogP contribution in [0.15, 0.2) is 36.4 Å². The van der Waals surface area contributed by atoms with E-state index < -0.39 is 0 Å². The normalized spacial score (nSPS) is 17.2. The summed E-state index contributed by atoms with van der Waals surface area (Å²) < 4.78 is 10.9. The van der Waals surface area contributed by atoms with Crippen LogP contribution < -0.4 is 4.74 Å². The Labute approximate surface area is 181 Å². The smallest absolute Gasteiger partial charge is 0.338 e. The van der Waals surface area contributed by atoms with Crippen LogP contribution in [0.1, 0.15) is 87.0 Å². The standard InChI is InChI=1S/C27H34O3/c1-8-30-25(28)20-11-9-19(10-12-20)15-18(2)21-16-22-23(17-24(21)29-7)27(5,6)14-13-26(22,3)4/h9-12,15-17H,8,13-14H2,1-7H3. The summed E-state index contributed by atoms with van der Waals surface area (Å²) in [5.41, 5.74) is 6.98. The Morgan fingerprint density at radius 3 is 2.10 bits per heavy atom. The van der Waals surface area contributed by atoms with Crippen LogP contribution in [0.5, 0.6) is 5.75 Å². The van der Waals surface area contributed by atoms with Gasteiger partial charge in [0.15, 0.2) is 0 Å². The summed E-state index contributed by atoms with van der Waals surface area (Å²) in [6.07, 6.45) is 4.49. The van der Waals surface area contributed by atoms with Crippen LogP contribution in [0, 0.1) is 0 Å². The minimum Gasteiger partial charge on any atom is -0.496 e. The van der Waals surface area contributed by atoms with E-state index in [0.29, 0.717) is 12.2 Å². The fourth-order valence-electron chi connectivity index (χ4n) is 4.33. The number of hydrogen-bond donors (Lipinski definition) is 0. The van der Waals surface area contributed by atoms with Crippen LogP contribution in [0.2, 0.25) is 0 Å². The molecule has 0 saturated heterocycles. The van der Waals surface area contributed by atoms with Gasteiger partial charge in [0, 0.05) is 5.56 Å². The maximum absolute atomic E-state index is 11.9. The molecule has 3 rings (SSSR count). The average Bonchev–Trinajstić information content (AvgIpc) is 2.71. The molecule has 0 aliphatic heterocycles. The third-order valence-electron chi connectivity index (χ3n) is 6.40. The summed E-state index contributed by atoms with van der Waals surface area (Å²) in [6.45, 7) is 13.6. The second-order valence-corrected chi connectivity index (χ2v) is 9.54. The quantitative estimate of drug-likeness (QED) is 0.405. The molecule has 2 aromatic rings. The molecule has 30 heavy (non-hydrogen) atoms. The zero-order chi connectivity index (χ0) is 22.1. The maximum Gasteiger partial charge on any atom is 0.338 e. The van der Waals surface area contributed by atoms with Gasteiger partial charge in [0.1, 0.15) is 5.75 Å². The lowest BCUT2D eigenvalue weighted by Gasteiger charge is -2.42. The van der Waals surface area contributed by atoms with E-state index in [9.17, 15) is 4.79 Å². The van der Waals surface area contributed by atoms with Crippen molar-refractivity contribution in [2.75, 3.05) is 13.7 Å². The summed E-state index contributed by atoms with van der Waals surface area (Å²) in [7, 11) is 1.74. The number of carbonyl (C=O) groups is 1. The van der Waals surface area contributed by atoms with Gasteiger partial charge in [0.25, 0.3) is 0 Å². The van der Waals surface area contributed by atoms with E-state index in [-0.39, 0.29) is 16.8 Å². The van der Waals surface area contributed by atoms with Crippen molar-refractivity contribution in [3.63, 3.8) is 0 Å². The van der Waals surface area contributed by atoms with E-state index >= 15 is 0 Å². The molecule has 2 aromatic carbocycles. The number of esters is 1. The van der Waals surface area contributed by atoms with Crippen molar-refractivity contribution < 1.29 is 14.3 Å². The summed E-state index contributed by atoms with van der Waals surface area (Å²) in [5.74, 6) is 0.627. The molecule has 160 valence electrons. The zero-order valence-electron chi connectivity index (χ0n) is 19.4. The monoisotopic (exact) mass is 406 g/mol. The predicted octanol–water partition coefficient (Wildman–Crippen LogP) is 6.78. The number of rotatable bonds is 5. The Bertz CT molecular complexity index is 962. The largest absolute Gasteiger partial charge is 0.496 e. The Morgan fingerprint density at radius 2 is 1.57 bits per heavy atom. The van der Waals surface area contributed by atoms with E-state index in [1.54, 1.807) is 7.11 Å². The first-order chi connectivity index (χ1) is 14.1. The molecular weight excluding hydrogens is 372 g/mol. The van der Waals surface area contributed by atoms with Gasteiger partial charge in [-0.2, -0.15) is 0 Å².